The molecule has 1 aromatic rings. The molecule has 16 heavy (non-hydrogen) atoms. The van der Waals surface area contributed by atoms with Crippen LogP contribution in [0.25, 0.3) is 0 Å². The Morgan fingerprint density at radius 1 is 1.12 bits per heavy atom. The molecule has 0 saturated carbocycles. The van der Waals surface area contributed by atoms with Gasteiger partial charge in [-0.15, -0.1) is 0 Å². The lowest BCUT2D eigenvalue weighted by molar-refractivity contribution is -0.135. The molecule has 7 nitrogen and oxygen atoms in total. The third kappa shape index (κ3) is 2.32. The molecule has 0 bridgehead atoms. The standard InChI is InChI=1S/C9H9NO6/c11-5-2-1-4(7(14)8(5)15)9(16)10-3-6(12)13/h1-2,11,14-15H,3H2,(H,10,16)(H,12,13). The number of phenolic OH excluding ortho intramolecular Hbond substituents is 3. The van der Waals surface area contributed by atoms with E-state index in [1.807, 2.05) is 5.32 Å². The predicted octanol–water partition coefficient (Wildman–Crippen LogP) is -0.382. The highest BCUT2D eigenvalue weighted by atomic mass is 16.4. The first-order chi connectivity index (χ1) is 7.43. The third-order valence-corrected chi connectivity index (χ3v) is 1.77. The molecular formula is C9H9NO6. The van der Waals surface area contributed by atoms with Gasteiger partial charge in [-0.05, 0) is 12.1 Å². The highest BCUT2D eigenvalue weighted by molar-refractivity contribution is 5.99. The third-order valence-electron chi connectivity index (χ3n) is 1.77. The fourth-order valence-corrected chi connectivity index (χ4v) is 1.00. The van der Waals surface area contributed by atoms with Crippen molar-refractivity contribution in [2.75, 3.05) is 6.54 Å². The largest absolute Gasteiger partial charge is 0.504 e. The van der Waals surface area contributed by atoms with Crippen LogP contribution in [0, 0.1) is 0 Å². The van der Waals surface area contributed by atoms with E-state index in [4.69, 9.17) is 15.3 Å². The van der Waals surface area contributed by atoms with E-state index in [1.165, 1.54) is 0 Å². The number of carboxylic acid groups (broad SMARTS) is 1. The lowest BCUT2D eigenvalue weighted by atomic mass is 10.1. The van der Waals surface area contributed by atoms with Gasteiger partial charge in [0.15, 0.2) is 11.5 Å². The topological polar surface area (TPSA) is 127 Å². The van der Waals surface area contributed by atoms with Crippen LogP contribution < -0.4 is 5.32 Å². The molecule has 0 aromatic heterocycles. The van der Waals surface area contributed by atoms with E-state index >= 15 is 0 Å². The molecule has 0 atom stereocenters. The second kappa shape index (κ2) is 4.39. The van der Waals surface area contributed by atoms with Crippen molar-refractivity contribution in [2.24, 2.45) is 0 Å². The Hall–Kier alpha value is -2.44. The van der Waals surface area contributed by atoms with E-state index in [2.05, 4.69) is 0 Å². The number of carboxylic acids is 1. The number of carbonyl (C=O) groups is 2. The van der Waals surface area contributed by atoms with Crippen LogP contribution in [0.3, 0.4) is 0 Å². The number of rotatable bonds is 3. The summed E-state index contributed by atoms with van der Waals surface area (Å²) in [5, 5.41) is 37.7. The van der Waals surface area contributed by atoms with Crippen LogP contribution in [0.15, 0.2) is 12.1 Å². The van der Waals surface area contributed by atoms with Gasteiger partial charge in [0.1, 0.15) is 6.54 Å². The second-order valence-corrected chi connectivity index (χ2v) is 2.91. The number of nitrogens with one attached hydrogen (secondary N) is 1. The first-order valence-electron chi connectivity index (χ1n) is 4.17. The van der Waals surface area contributed by atoms with Gasteiger partial charge in [-0.25, -0.2) is 0 Å². The Bertz CT molecular complexity index is 442. The van der Waals surface area contributed by atoms with Crippen LogP contribution in [0.2, 0.25) is 0 Å². The minimum absolute atomic E-state index is 0.323. The maximum Gasteiger partial charge on any atom is 0.322 e. The second-order valence-electron chi connectivity index (χ2n) is 2.91. The zero-order chi connectivity index (χ0) is 12.3. The molecule has 86 valence electrons. The molecular weight excluding hydrogens is 218 g/mol. The zero-order valence-corrected chi connectivity index (χ0v) is 7.97. The van der Waals surface area contributed by atoms with Crippen LogP contribution in [0.4, 0.5) is 0 Å². The summed E-state index contributed by atoms with van der Waals surface area (Å²) in [6, 6.07) is 2.06. The van der Waals surface area contributed by atoms with Crippen molar-refractivity contribution in [3.63, 3.8) is 0 Å². The Balaban J connectivity index is 2.92. The van der Waals surface area contributed by atoms with Gasteiger partial charge in [0, 0.05) is 0 Å². The van der Waals surface area contributed by atoms with E-state index in [0.29, 0.717) is 0 Å². The molecule has 0 radical (unpaired) electrons. The lowest BCUT2D eigenvalue weighted by Crippen LogP contribution is -2.29. The van der Waals surface area contributed by atoms with E-state index in [9.17, 15) is 14.7 Å². The van der Waals surface area contributed by atoms with Crippen molar-refractivity contribution in [3.05, 3.63) is 17.7 Å². The number of amides is 1. The van der Waals surface area contributed by atoms with Gasteiger partial charge in [-0.1, -0.05) is 0 Å². The molecule has 7 heteroatoms. The van der Waals surface area contributed by atoms with Gasteiger partial charge in [0.25, 0.3) is 5.91 Å². The summed E-state index contributed by atoms with van der Waals surface area (Å²) in [6.07, 6.45) is 0. The molecule has 0 heterocycles. The Kier molecular flexibility index (Phi) is 3.19. The number of aromatic hydroxyl groups is 3. The number of carbonyl (C=O) groups excluding carboxylic acids is 1. The van der Waals surface area contributed by atoms with Gasteiger partial charge < -0.3 is 25.7 Å². The normalized spacial score (nSPS) is 9.75. The number of phenols is 3. The highest BCUT2D eigenvalue weighted by Gasteiger charge is 2.17. The maximum absolute atomic E-state index is 11.3. The Morgan fingerprint density at radius 2 is 1.75 bits per heavy atom. The summed E-state index contributed by atoms with van der Waals surface area (Å²) in [6.45, 7) is -0.611. The van der Waals surface area contributed by atoms with Crippen molar-refractivity contribution in [1.29, 1.82) is 0 Å². The lowest BCUT2D eigenvalue weighted by Gasteiger charge is -2.07. The molecule has 0 aliphatic heterocycles. The van der Waals surface area contributed by atoms with Crippen molar-refractivity contribution < 1.29 is 30.0 Å². The summed E-state index contributed by atoms with van der Waals surface area (Å²) in [7, 11) is 0. The summed E-state index contributed by atoms with van der Waals surface area (Å²) in [5.41, 5.74) is -0.323. The van der Waals surface area contributed by atoms with Gasteiger partial charge in [0.05, 0.1) is 5.56 Å². The van der Waals surface area contributed by atoms with Gasteiger partial charge >= 0.3 is 5.97 Å². The summed E-state index contributed by atoms with van der Waals surface area (Å²) < 4.78 is 0. The summed E-state index contributed by atoms with van der Waals surface area (Å²) in [4.78, 5) is 21.5. The van der Waals surface area contributed by atoms with Crippen molar-refractivity contribution in [2.45, 2.75) is 0 Å². The molecule has 0 spiro atoms. The van der Waals surface area contributed by atoms with Gasteiger partial charge in [0.2, 0.25) is 5.75 Å². The first kappa shape index (κ1) is 11.6. The highest BCUT2D eigenvalue weighted by Crippen LogP contribution is 2.36. The average molecular weight is 227 g/mol. The quantitative estimate of drug-likeness (QED) is 0.448. The van der Waals surface area contributed by atoms with Crippen LogP contribution in [0.5, 0.6) is 17.2 Å². The number of hydrogen-bond acceptors (Lipinski definition) is 5. The van der Waals surface area contributed by atoms with E-state index < -0.39 is 35.7 Å². The minimum Gasteiger partial charge on any atom is -0.504 e. The average Bonchev–Trinajstić information content (AvgIpc) is 2.23. The van der Waals surface area contributed by atoms with Crippen molar-refractivity contribution in [1.82, 2.24) is 5.32 Å². The molecule has 1 amide bonds. The molecule has 1 aromatic carbocycles. The summed E-state index contributed by atoms with van der Waals surface area (Å²) in [5.74, 6) is -4.32. The van der Waals surface area contributed by atoms with Crippen molar-refractivity contribution >= 4 is 11.9 Å². The van der Waals surface area contributed by atoms with Crippen LogP contribution >= 0.6 is 0 Å². The SMILES string of the molecule is O=C(O)CNC(=O)c1ccc(O)c(O)c1O. The number of aliphatic carboxylic acids is 1. The predicted molar refractivity (Wildman–Crippen MR) is 51.4 cm³/mol. The summed E-state index contributed by atoms with van der Waals surface area (Å²) >= 11 is 0. The number of benzene rings is 1. The van der Waals surface area contributed by atoms with Gasteiger partial charge in [-0.3, -0.25) is 9.59 Å². The van der Waals surface area contributed by atoms with E-state index in [0.717, 1.165) is 12.1 Å². The molecule has 0 fully saturated rings. The van der Waals surface area contributed by atoms with E-state index in [1.54, 1.807) is 0 Å². The monoisotopic (exact) mass is 227 g/mol. The van der Waals surface area contributed by atoms with Gasteiger partial charge in [-0.2, -0.15) is 0 Å². The number of hydrogen-bond donors (Lipinski definition) is 5. The maximum atomic E-state index is 11.3. The molecule has 5 N–H and O–H groups in total. The fraction of sp³-hybridized carbons (Fsp3) is 0.111. The zero-order valence-electron chi connectivity index (χ0n) is 7.97. The fourth-order valence-electron chi connectivity index (χ4n) is 1.00. The molecule has 0 saturated heterocycles. The van der Waals surface area contributed by atoms with Crippen molar-refractivity contribution in [3.8, 4) is 17.2 Å². The van der Waals surface area contributed by atoms with Crippen LogP contribution in [0.1, 0.15) is 10.4 Å². The van der Waals surface area contributed by atoms with Crippen LogP contribution in [-0.2, 0) is 4.79 Å². The molecule has 0 aliphatic carbocycles. The van der Waals surface area contributed by atoms with E-state index in [-0.39, 0.29) is 5.56 Å². The minimum atomic E-state index is -1.24. The first-order valence-corrected chi connectivity index (χ1v) is 4.17. The Morgan fingerprint density at radius 3 is 2.31 bits per heavy atom. The smallest absolute Gasteiger partial charge is 0.322 e. The van der Waals surface area contributed by atoms with Crippen LogP contribution in [-0.4, -0.2) is 38.8 Å². The molecule has 0 aliphatic rings. The Labute approximate surface area is 89.6 Å². The molecule has 0 unspecified atom stereocenters. The molecule has 1 rings (SSSR count).